The number of rotatable bonds is 7. The molecule has 0 bridgehead atoms. The van der Waals surface area contributed by atoms with Gasteiger partial charge in [-0.25, -0.2) is 0 Å². The van der Waals surface area contributed by atoms with Crippen molar-refractivity contribution in [3.63, 3.8) is 0 Å². The number of hydrogen-bond acceptors (Lipinski definition) is 8. The molecule has 4 rings (SSSR count). The molecule has 2 aromatic rings. The fourth-order valence-corrected chi connectivity index (χ4v) is 4.27. The lowest BCUT2D eigenvalue weighted by molar-refractivity contribution is -0.277. The van der Waals surface area contributed by atoms with E-state index in [0.29, 0.717) is 18.8 Å². The van der Waals surface area contributed by atoms with Gasteiger partial charge in [-0.05, 0) is 48.7 Å². The maximum Gasteiger partial charge on any atom is 0.229 e. The Hall–Kier alpha value is -2.20. The fourth-order valence-electron chi connectivity index (χ4n) is 4.27. The van der Waals surface area contributed by atoms with Crippen molar-refractivity contribution in [3.05, 3.63) is 58.7 Å². The van der Waals surface area contributed by atoms with Gasteiger partial charge < -0.3 is 39.4 Å². The van der Waals surface area contributed by atoms with Crippen LogP contribution in [0.4, 0.5) is 0 Å². The molecular formula is C25H32O8. The van der Waals surface area contributed by atoms with Crippen LogP contribution in [0.2, 0.25) is 0 Å². The van der Waals surface area contributed by atoms with Gasteiger partial charge in [0.05, 0.1) is 19.8 Å². The van der Waals surface area contributed by atoms with Gasteiger partial charge in [-0.2, -0.15) is 0 Å². The van der Waals surface area contributed by atoms with Crippen LogP contribution in [0.1, 0.15) is 28.7 Å². The largest absolute Gasteiger partial charge is 0.488 e. The van der Waals surface area contributed by atoms with Crippen LogP contribution in [0.3, 0.4) is 0 Å². The smallest absolute Gasteiger partial charge is 0.229 e. The van der Waals surface area contributed by atoms with Gasteiger partial charge in [0.1, 0.15) is 42.0 Å². The zero-order valence-electron chi connectivity index (χ0n) is 18.9. The van der Waals surface area contributed by atoms with E-state index in [0.717, 1.165) is 41.0 Å². The van der Waals surface area contributed by atoms with E-state index in [1.54, 1.807) is 0 Å². The molecule has 0 spiro atoms. The highest BCUT2D eigenvalue weighted by molar-refractivity contribution is 5.46. The van der Waals surface area contributed by atoms with Gasteiger partial charge in [-0.3, -0.25) is 0 Å². The first-order valence-electron chi connectivity index (χ1n) is 11.3. The minimum absolute atomic E-state index is 0.0914. The molecular weight excluding hydrogens is 428 g/mol. The summed E-state index contributed by atoms with van der Waals surface area (Å²) in [5.74, 6) is 1.31. The quantitative estimate of drug-likeness (QED) is 0.488. The molecule has 8 nitrogen and oxygen atoms in total. The van der Waals surface area contributed by atoms with Gasteiger partial charge in [0.2, 0.25) is 6.29 Å². The molecule has 0 saturated carbocycles. The molecule has 0 aliphatic carbocycles. The minimum atomic E-state index is -1.49. The third-order valence-corrected chi connectivity index (χ3v) is 6.16. The van der Waals surface area contributed by atoms with E-state index < -0.39 is 37.3 Å². The number of benzene rings is 2. The first-order chi connectivity index (χ1) is 15.9. The number of aliphatic hydroxyl groups is 4. The second kappa shape index (κ2) is 10.4. The van der Waals surface area contributed by atoms with Gasteiger partial charge in [-0.1, -0.05) is 18.2 Å². The van der Waals surface area contributed by atoms with Crippen LogP contribution in [0.25, 0.3) is 0 Å². The second-order valence-electron chi connectivity index (χ2n) is 8.80. The van der Waals surface area contributed by atoms with Crippen molar-refractivity contribution in [2.24, 2.45) is 0 Å². The highest BCUT2D eigenvalue weighted by Gasteiger charge is 2.44. The molecule has 180 valence electrons. The first kappa shape index (κ1) is 23.9. The first-order valence-corrected chi connectivity index (χ1v) is 11.3. The van der Waals surface area contributed by atoms with Crippen LogP contribution in [0.5, 0.6) is 11.5 Å². The van der Waals surface area contributed by atoms with E-state index in [1.807, 2.05) is 50.2 Å². The summed E-state index contributed by atoms with van der Waals surface area (Å²) in [6, 6.07) is 11.8. The standard InChI is InChI=1S/C25H32O8/c1-14-9-15(2)19(11-16-3-5-17(6-4-16)31-18-7-8-30-13-18)20(10-14)32-25-24(29)23(28)22(27)21(12-26)33-25/h3-6,9-10,18,21-29H,7-8,11-13H2,1-2H3/t18-,21+,22+,23-,24+,25+/m0/s1. The average molecular weight is 461 g/mol. The van der Waals surface area contributed by atoms with E-state index in [1.165, 1.54) is 0 Å². The number of hydrogen-bond donors (Lipinski definition) is 4. The van der Waals surface area contributed by atoms with Gasteiger partial charge >= 0.3 is 0 Å². The Morgan fingerprint density at radius 2 is 1.73 bits per heavy atom. The summed E-state index contributed by atoms with van der Waals surface area (Å²) in [6.07, 6.45) is -5.09. The van der Waals surface area contributed by atoms with Crippen molar-refractivity contribution >= 4 is 0 Å². The Kier molecular flexibility index (Phi) is 7.53. The van der Waals surface area contributed by atoms with Crippen molar-refractivity contribution in [1.29, 1.82) is 0 Å². The van der Waals surface area contributed by atoms with Gasteiger partial charge in [0.25, 0.3) is 0 Å². The fraction of sp³-hybridized carbons (Fsp3) is 0.520. The third kappa shape index (κ3) is 5.48. The molecule has 2 saturated heterocycles. The van der Waals surface area contributed by atoms with Crippen LogP contribution >= 0.6 is 0 Å². The zero-order valence-corrected chi connectivity index (χ0v) is 18.9. The van der Waals surface area contributed by atoms with Crippen LogP contribution < -0.4 is 9.47 Å². The second-order valence-corrected chi connectivity index (χ2v) is 8.80. The Balaban J connectivity index is 1.52. The lowest BCUT2D eigenvalue weighted by atomic mass is 9.97. The van der Waals surface area contributed by atoms with Crippen molar-refractivity contribution in [2.45, 2.75) is 63.5 Å². The molecule has 2 heterocycles. The summed E-state index contributed by atoms with van der Waals surface area (Å²) in [6.45, 7) is 4.76. The van der Waals surface area contributed by atoms with Crippen LogP contribution in [-0.4, -0.2) is 77.1 Å². The van der Waals surface area contributed by atoms with Crippen molar-refractivity contribution in [1.82, 2.24) is 0 Å². The van der Waals surface area contributed by atoms with Gasteiger partial charge in [0.15, 0.2) is 0 Å². The molecule has 2 aliphatic heterocycles. The average Bonchev–Trinajstić information content (AvgIpc) is 3.30. The molecule has 33 heavy (non-hydrogen) atoms. The third-order valence-electron chi connectivity index (χ3n) is 6.16. The highest BCUT2D eigenvalue weighted by Crippen LogP contribution is 2.31. The number of aliphatic hydroxyl groups excluding tert-OH is 4. The number of aryl methyl sites for hydroxylation is 2. The molecule has 0 amide bonds. The molecule has 0 radical (unpaired) electrons. The Morgan fingerprint density at radius 3 is 2.39 bits per heavy atom. The zero-order chi connectivity index (χ0) is 23.5. The van der Waals surface area contributed by atoms with E-state index in [4.69, 9.17) is 18.9 Å². The molecule has 0 aromatic heterocycles. The van der Waals surface area contributed by atoms with E-state index >= 15 is 0 Å². The molecule has 4 N–H and O–H groups in total. The Labute approximate surface area is 193 Å². The summed E-state index contributed by atoms with van der Waals surface area (Å²) in [7, 11) is 0. The summed E-state index contributed by atoms with van der Waals surface area (Å²) in [5, 5.41) is 40.0. The SMILES string of the molecule is Cc1cc(C)c(Cc2ccc(O[C@H]3CCOC3)cc2)c(O[C@@H]2O[C@H](CO)[C@@H](O)[C@H](O)[C@H]2O)c1. The molecule has 2 fully saturated rings. The van der Waals surface area contributed by atoms with E-state index in [9.17, 15) is 20.4 Å². The maximum absolute atomic E-state index is 10.4. The van der Waals surface area contributed by atoms with Crippen molar-refractivity contribution in [3.8, 4) is 11.5 Å². The predicted octanol–water partition coefficient (Wildman–Crippen LogP) is 1.24. The minimum Gasteiger partial charge on any atom is -0.488 e. The van der Waals surface area contributed by atoms with Gasteiger partial charge in [-0.15, -0.1) is 0 Å². The predicted molar refractivity (Wildman–Crippen MR) is 119 cm³/mol. The monoisotopic (exact) mass is 460 g/mol. The summed E-state index contributed by atoms with van der Waals surface area (Å²) < 4.78 is 22.8. The summed E-state index contributed by atoms with van der Waals surface area (Å²) >= 11 is 0. The molecule has 2 aliphatic rings. The molecule has 2 aromatic carbocycles. The van der Waals surface area contributed by atoms with Crippen LogP contribution in [-0.2, 0) is 15.9 Å². The van der Waals surface area contributed by atoms with Crippen LogP contribution in [0, 0.1) is 13.8 Å². The topological polar surface area (TPSA) is 118 Å². The molecule has 6 atom stereocenters. The highest BCUT2D eigenvalue weighted by atomic mass is 16.7. The number of ether oxygens (including phenoxy) is 4. The summed E-state index contributed by atoms with van der Waals surface area (Å²) in [4.78, 5) is 0. The lowest BCUT2D eigenvalue weighted by Gasteiger charge is -2.39. The molecule has 0 unspecified atom stereocenters. The Bertz CT molecular complexity index is 923. The normalized spacial score (nSPS) is 29.8. The van der Waals surface area contributed by atoms with E-state index in [-0.39, 0.29) is 6.10 Å². The van der Waals surface area contributed by atoms with E-state index in [2.05, 4.69) is 0 Å². The Morgan fingerprint density at radius 1 is 0.970 bits per heavy atom. The summed E-state index contributed by atoms with van der Waals surface area (Å²) in [5.41, 5.74) is 3.95. The maximum atomic E-state index is 10.4. The van der Waals surface area contributed by atoms with Crippen molar-refractivity contribution < 1.29 is 39.4 Å². The lowest BCUT2D eigenvalue weighted by Crippen LogP contribution is -2.60. The molecule has 8 heteroatoms. The van der Waals surface area contributed by atoms with Gasteiger partial charge in [0, 0.05) is 18.4 Å². The van der Waals surface area contributed by atoms with Crippen molar-refractivity contribution in [2.75, 3.05) is 19.8 Å². The van der Waals surface area contributed by atoms with Crippen LogP contribution in [0.15, 0.2) is 36.4 Å².